The van der Waals surface area contributed by atoms with E-state index < -0.39 is 0 Å². The highest BCUT2D eigenvalue weighted by Gasteiger charge is 2.22. The number of amides is 1. The van der Waals surface area contributed by atoms with Gasteiger partial charge in [-0.3, -0.25) is 14.4 Å². The van der Waals surface area contributed by atoms with Crippen LogP contribution in [0.3, 0.4) is 0 Å². The van der Waals surface area contributed by atoms with Gasteiger partial charge in [0.25, 0.3) is 5.91 Å². The molecule has 2 aromatic carbocycles. The summed E-state index contributed by atoms with van der Waals surface area (Å²) in [5.74, 6) is 0.983. The zero-order valence-electron chi connectivity index (χ0n) is 18.8. The van der Waals surface area contributed by atoms with Gasteiger partial charge in [0.1, 0.15) is 5.75 Å². The summed E-state index contributed by atoms with van der Waals surface area (Å²) < 4.78 is 8.35. The minimum atomic E-state index is 0.103. The second-order valence-corrected chi connectivity index (χ2v) is 9.05. The molecular weight excluding hydrogens is 468 g/mol. The molecule has 0 spiro atoms. The summed E-state index contributed by atoms with van der Waals surface area (Å²) >= 11 is 3.57. The predicted molar refractivity (Wildman–Crippen MR) is 129 cm³/mol. The van der Waals surface area contributed by atoms with Crippen molar-refractivity contribution < 1.29 is 9.53 Å². The van der Waals surface area contributed by atoms with Crippen LogP contribution in [0, 0.1) is 13.8 Å². The van der Waals surface area contributed by atoms with Gasteiger partial charge >= 0.3 is 0 Å². The molecule has 0 saturated carbocycles. The maximum absolute atomic E-state index is 13.0. The molecule has 0 N–H and O–H groups in total. The maximum Gasteiger partial charge on any atom is 0.253 e. The highest BCUT2D eigenvalue weighted by atomic mass is 79.9. The lowest BCUT2D eigenvalue weighted by atomic mass is 10.1. The lowest BCUT2D eigenvalue weighted by Crippen LogP contribution is -2.48. The fourth-order valence-electron chi connectivity index (χ4n) is 4.08. The van der Waals surface area contributed by atoms with Gasteiger partial charge < -0.3 is 9.64 Å². The molecule has 1 fully saturated rings. The molecule has 0 atom stereocenters. The molecule has 6 nitrogen and oxygen atoms in total. The number of aromatic nitrogens is 2. The summed E-state index contributed by atoms with van der Waals surface area (Å²) in [4.78, 5) is 17.3. The van der Waals surface area contributed by atoms with Crippen molar-refractivity contribution in [1.82, 2.24) is 19.6 Å². The van der Waals surface area contributed by atoms with Crippen molar-refractivity contribution in [2.75, 3.05) is 33.3 Å². The first kappa shape index (κ1) is 22.6. The zero-order valence-corrected chi connectivity index (χ0v) is 20.4. The molecule has 0 bridgehead atoms. The molecule has 0 unspecified atom stereocenters. The number of rotatable bonds is 6. The summed E-state index contributed by atoms with van der Waals surface area (Å²) in [6, 6.07) is 16.1. The van der Waals surface area contributed by atoms with Gasteiger partial charge in [-0.1, -0.05) is 24.3 Å². The molecule has 1 saturated heterocycles. The Kier molecular flexibility index (Phi) is 6.96. The Hall–Kier alpha value is -2.64. The summed E-state index contributed by atoms with van der Waals surface area (Å²) in [5, 5.41) is 4.57. The molecule has 7 heteroatoms. The van der Waals surface area contributed by atoms with Gasteiger partial charge in [0.15, 0.2) is 0 Å². The first-order chi connectivity index (χ1) is 15.4. The van der Waals surface area contributed by atoms with Gasteiger partial charge in [-0.2, -0.15) is 5.10 Å². The van der Waals surface area contributed by atoms with Crippen molar-refractivity contribution in [1.29, 1.82) is 0 Å². The molecule has 32 heavy (non-hydrogen) atoms. The topological polar surface area (TPSA) is 50.6 Å². The lowest BCUT2D eigenvalue weighted by Gasteiger charge is -2.34. The zero-order chi connectivity index (χ0) is 22.7. The maximum atomic E-state index is 13.0. The average molecular weight is 497 g/mol. The Bertz CT molecular complexity index is 1090. The first-order valence-electron chi connectivity index (χ1n) is 10.9. The summed E-state index contributed by atoms with van der Waals surface area (Å²) in [7, 11) is 1.69. The van der Waals surface area contributed by atoms with Crippen LogP contribution in [0.1, 0.15) is 32.9 Å². The van der Waals surface area contributed by atoms with Crippen molar-refractivity contribution in [3.63, 3.8) is 0 Å². The summed E-state index contributed by atoms with van der Waals surface area (Å²) in [5.41, 5.74) is 5.19. The van der Waals surface area contributed by atoms with Crippen molar-refractivity contribution in [2.24, 2.45) is 0 Å². The molecular formula is C25H29BrN4O2. The van der Waals surface area contributed by atoms with Crippen molar-refractivity contribution in [3.8, 4) is 5.75 Å². The third-order valence-corrected chi connectivity index (χ3v) is 7.17. The van der Waals surface area contributed by atoms with E-state index in [1.807, 2.05) is 52.9 Å². The number of aryl methyl sites for hydroxylation is 1. The predicted octanol–water partition coefficient (Wildman–Crippen LogP) is 4.28. The molecule has 1 aromatic heterocycles. The number of halogens is 1. The van der Waals surface area contributed by atoms with E-state index >= 15 is 0 Å². The number of ether oxygens (including phenoxy) is 1. The van der Waals surface area contributed by atoms with E-state index in [1.54, 1.807) is 7.11 Å². The second-order valence-electron chi connectivity index (χ2n) is 8.26. The number of hydrogen-bond acceptors (Lipinski definition) is 4. The van der Waals surface area contributed by atoms with Crippen LogP contribution in [0.25, 0.3) is 0 Å². The average Bonchev–Trinajstić information content (AvgIpc) is 3.06. The van der Waals surface area contributed by atoms with Crippen molar-refractivity contribution in [3.05, 3.63) is 81.1 Å². The van der Waals surface area contributed by atoms with Crippen molar-refractivity contribution >= 4 is 21.8 Å². The number of carbonyl (C=O) groups is 1. The lowest BCUT2D eigenvalue weighted by molar-refractivity contribution is 0.0628. The normalized spacial score (nSPS) is 14.6. The van der Waals surface area contributed by atoms with Gasteiger partial charge in [0.05, 0.1) is 29.5 Å². The number of benzene rings is 2. The van der Waals surface area contributed by atoms with E-state index in [1.165, 1.54) is 5.56 Å². The van der Waals surface area contributed by atoms with E-state index in [0.29, 0.717) is 6.54 Å². The van der Waals surface area contributed by atoms with Crippen LogP contribution in [0.5, 0.6) is 5.75 Å². The Morgan fingerprint density at radius 2 is 1.72 bits per heavy atom. The van der Waals surface area contributed by atoms with E-state index in [-0.39, 0.29) is 5.91 Å². The van der Waals surface area contributed by atoms with E-state index in [4.69, 9.17) is 4.74 Å². The minimum absolute atomic E-state index is 0.103. The number of carbonyl (C=O) groups excluding carboxylic acids is 1. The quantitative estimate of drug-likeness (QED) is 0.511. The second kappa shape index (κ2) is 9.88. The monoisotopic (exact) mass is 496 g/mol. The van der Waals surface area contributed by atoms with Crippen LogP contribution < -0.4 is 4.74 Å². The smallest absolute Gasteiger partial charge is 0.253 e. The Balaban J connectivity index is 1.32. The van der Waals surface area contributed by atoms with Gasteiger partial charge in [-0.15, -0.1) is 0 Å². The molecule has 168 valence electrons. The Morgan fingerprint density at radius 3 is 2.34 bits per heavy atom. The highest BCUT2D eigenvalue weighted by Crippen LogP contribution is 2.21. The highest BCUT2D eigenvalue weighted by molar-refractivity contribution is 9.10. The number of methoxy groups -OCH3 is 1. The van der Waals surface area contributed by atoms with E-state index in [2.05, 4.69) is 45.0 Å². The Morgan fingerprint density at radius 1 is 1.00 bits per heavy atom. The first-order valence-corrected chi connectivity index (χ1v) is 11.7. The van der Waals surface area contributed by atoms with Crippen LogP contribution in [-0.4, -0.2) is 58.8 Å². The molecule has 0 aliphatic carbocycles. The van der Waals surface area contributed by atoms with E-state index in [0.717, 1.165) is 65.5 Å². The van der Waals surface area contributed by atoms with Crippen LogP contribution in [0.4, 0.5) is 0 Å². The van der Waals surface area contributed by atoms with Gasteiger partial charge in [0.2, 0.25) is 0 Å². The third kappa shape index (κ3) is 5.05. The minimum Gasteiger partial charge on any atom is -0.497 e. The Labute approximate surface area is 197 Å². The fourth-order valence-corrected chi connectivity index (χ4v) is 4.36. The number of hydrogen-bond donors (Lipinski definition) is 0. The SMILES string of the molecule is COc1cccc(CN2CCN(C(=O)c3ccc(Cn4nc(C)c(Br)c4C)cc3)CC2)c1. The molecule has 1 aliphatic heterocycles. The largest absolute Gasteiger partial charge is 0.497 e. The van der Waals surface area contributed by atoms with Gasteiger partial charge in [-0.25, -0.2) is 0 Å². The molecule has 2 heterocycles. The molecule has 4 rings (SSSR count). The van der Waals surface area contributed by atoms with Gasteiger partial charge in [-0.05, 0) is 65.2 Å². The molecule has 1 amide bonds. The molecule has 1 aliphatic rings. The number of piperazine rings is 1. The van der Waals surface area contributed by atoms with Crippen LogP contribution >= 0.6 is 15.9 Å². The fraction of sp³-hybridized carbons (Fsp3) is 0.360. The van der Waals surface area contributed by atoms with Crippen LogP contribution in [-0.2, 0) is 13.1 Å². The standard InChI is InChI=1S/C25H29BrN4O2/c1-18-24(26)19(2)30(27-18)17-20-7-9-22(10-8-20)25(31)29-13-11-28(12-14-29)16-21-5-4-6-23(15-21)32-3/h4-10,15H,11-14,16-17H2,1-3H3. The van der Waals surface area contributed by atoms with Crippen LogP contribution in [0.15, 0.2) is 53.0 Å². The molecule has 3 aromatic rings. The number of nitrogens with zero attached hydrogens (tertiary/aromatic N) is 4. The van der Waals surface area contributed by atoms with Crippen molar-refractivity contribution in [2.45, 2.75) is 26.9 Å². The summed E-state index contributed by atoms with van der Waals surface area (Å²) in [6.07, 6.45) is 0. The summed E-state index contributed by atoms with van der Waals surface area (Å²) in [6.45, 7) is 8.82. The van der Waals surface area contributed by atoms with Gasteiger partial charge in [0, 0.05) is 38.3 Å². The third-order valence-electron chi connectivity index (χ3n) is 6.03. The van der Waals surface area contributed by atoms with E-state index in [9.17, 15) is 4.79 Å². The molecule has 0 radical (unpaired) electrons. The van der Waals surface area contributed by atoms with Crippen LogP contribution in [0.2, 0.25) is 0 Å².